The number of fused-ring (bicyclic) bond motifs is 1. The summed E-state index contributed by atoms with van der Waals surface area (Å²) in [6, 6.07) is 5.35. The van der Waals surface area contributed by atoms with Gasteiger partial charge in [-0.3, -0.25) is 14.4 Å². The monoisotopic (exact) mass is 484 g/mol. The number of methoxy groups -OCH3 is 1. The molecule has 3 saturated heterocycles. The molecule has 1 N–H and O–H groups in total. The summed E-state index contributed by atoms with van der Waals surface area (Å²) in [4.78, 5) is 43.9. The van der Waals surface area contributed by atoms with E-state index in [2.05, 4.69) is 13.2 Å². The highest BCUT2D eigenvalue weighted by atomic mass is 16.6. The second-order valence-corrected chi connectivity index (χ2v) is 9.19. The van der Waals surface area contributed by atoms with E-state index in [0.29, 0.717) is 24.3 Å². The Labute approximate surface area is 204 Å². The van der Waals surface area contributed by atoms with Crippen molar-refractivity contribution < 1.29 is 33.7 Å². The first-order valence-corrected chi connectivity index (χ1v) is 11.8. The lowest BCUT2D eigenvalue weighted by molar-refractivity contribution is -0.154. The minimum atomic E-state index is -1.17. The van der Waals surface area contributed by atoms with Gasteiger partial charge in [0.25, 0.3) is 5.91 Å². The normalized spacial score (nSPS) is 29.5. The smallest absolute Gasteiger partial charge is 0.312 e. The van der Waals surface area contributed by atoms with E-state index in [0.717, 1.165) is 0 Å². The molecule has 9 nitrogen and oxygen atoms in total. The second kappa shape index (κ2) is 9.83. The van der Waals surface area contributed by atoms with Gasteiger partial charge in [-0.25, -0.2) is 0 Å². The van der Waals surface area contributed by atoms with Crippen molar-refractivity contribution >= 4 is 23.5 Å². The predicted octanol–water partition coefficient (Wildman–Crippen LogP) is 1.70. The summed E-state index contributed by atoms with van der Waals surface area (Å²) in [5.41, 5.74) is -0.569. The van der Waals surface area contributed by atoms with E-state index in [4.69, 9.17) is 14.2 Å². The Bertz CT molecular complexity index is 1010. The molecular formula is C26H32N2O7. The highest BCUT2D eigenvalue weighted by Gasteiger charge is 2.75. The van der Waals surface area contributed by atoms with Crippen LogP contribution in [-0.4, -0.2) is 78.4 Å². The van der Waals surface area contributed by atoms with E-state index in [1.54, 1.807) is 49.3 Å². The molecule has 3 heterocycles. The van der Waals surface area contributed by atoms with Crippen LogP contribution in [0.5, 0.6) is 5.75 Å². The first-order valence-electron chi connectivity index (χ1n) is 11.8. The molecule has 2 amide bonds. The third-order valence-corrected chi connectivity index (χ3v) is 7.29. The van der Waals surface area contributed by atoms with Gasteiger partial charge in [0.1, 0.15) is 24.0 Å². The van der Waals surface area contributed by atoms with Crippen LogP contribution >= 0.6 is 0 Å². The van der Waals surface area contributed by atoms with Gasteiger partial charge in [-0.15, -0.1) is 6.58 Å². The van der Waals surface area contributed by atoms with Gasteiger partial charge in [0.05, 0.1) is 37.7 Å². The van der Waals surface area contributed by atoms with Crippen LogP contribution < -0.4 is 9.64 Å². The molecular weight excluding hydrogens is 452 g/mol. The van der Waals surface area contributed by atoms with Crippen LogP contribution in [0.1, 0.15) is 19.8 Å². The maximum absolute atomic E-state index is 14.2. The third kappa shape index (κ3) is 3.92. The van der Waals surface area contributed by atoms with Gasteiger partial charge in [-0.05, 0) is 44.0 Å². The lowest BCUT2D eigenvalue weighted by Gasteiger charge is -2.38. The molecule has 6 atom stereocenters. The van der Waals surface area contributed by atoms with Crippen LogP contribution in [0.2, 0.25) is 0 Å². The maximum atomic E-state index is 14.2. The van der Waals surface area contributed by atoms with Crippen molar-refractivity contribution in [2.24, 2.45) is 11.8 Å². The van der Waals surface area contributed by atoms with Gasteiger partial charge >= 0.3 is 5.97 Å². The summed E-state index contributed by atoms with van der Waals surface area (Å²) in [6.07, 6.45) is 3.56. The summed E-state index contributed by atoms with van der Waals surface area (Å²) in [6.45, 7) is 8.93. The SMILES string of the molecule is C=CCOC(=O)[C@@H]1[C@H]2C(=O)N([C@H](C)CO)C(C(=O)N(CC=C)c3ccc(OC)cc3)C23CC[C@H]1O3. The number of carbonyl (C=O) groups excluding carboxylic acids is 3. The fraction of sp³-hybridized carbons (Fsp3) is 0.500. The molecule has 3 fully saturated rings. The van der Waals surface area contributed by atoms with Crippen molar-refractivity contribution in [3.8, 4) is 5.75 Å². The second-order valence-electron chi connectivity index (χ2n) is 9.19. The molecule has 2 unspecified atom stereocenters. The number of likely N-dealkylation sites (tertiary alicyclic amines) is 1. The molecule has 0 saturated carbocycles. The maximum Gasteiger partial charge on any atom is 0.312 e. The first kappa shape index (κ1) is 24.9. The first-order chi connectivity index (χ1) is 16.8. The quantitative estimate of drug-likeness (QED) is 0.398. The topological polar surface area (TPSA) is 106 Å². The standard InChI is InChI=1S/C26H32N2O7/c1-5-13-27(17-7-9-18(33-4)10-8-17)24(31)22-26-12-11-19(35-26)20(25(32)34-14-6-2)21(26)23(30)28(22)16(3)15-29/h5-10,16,19-22,29H,1-2,11-15H2,3-4H3/t16-,19-,20+,21+,22?,26?/m1/s1. The number of anilines is 1. The Hall–Kier alpha value is -3.17. The number of nitrogens with zero attached hydrogens (tertiary/aromatic N) is 2. The summed E-state index contributed by atoms with van der Waals surface area (Å²) < 4.78 is 16.9. The lowest BCUT2D eigenvalue weighted by Crippen LogP contribution is -2.58. The Morgan fingerprint density at radius 1 is 1.31 bits per heavy atom. The average Bonchev–Trinajstić information content (AvgIpc) is 3.52. The summed E-state index contributed by atoms with van der Waals surface area (Å²) in [5, 5.41) is 9.96. The number of esters is 1. The molecule has 1 aromatic rings. The predicted molar refractivity (Wildman–Crippen MR) is 128 cm³/mol. The average molecular weight is 485 g/mol. The van der Waals surface area contributed by atoms with Gasteiger partial charge in [0.2, 0.25) is 5.91 Å². The number of benzene rings is 1. The van der Waals surface area contributed by atoms with E-state index in [-0.39, 0.29) is 31.6 Å². The molecule has 0 aliphatic carbocycles. The lowest BCUT2D eigenvalue weighted by atomic mass is 9.70. The van der Waals surface area contributed by atoms with E-state index >= 15 is 0 Å². The van der Waals surface area contributed by atoms with Crippen LogP contribution in [0.25, 0.3) is 0 Å². The number of rotatable bonds is 10. The molecule has 188 valence electrons. The molecule has 3 aliphatic rings. The van der Waals surface area contributed by atoms with Crippen molar-refractivity contribution in [2.75, 3.05) is 31.8 Å². The Morgan fingerprint density at radius 2 is 2.03 bits per heavy atom. The van der Waals surface area contributed by atoms with Crippen LogP contribution in [-0.2, 0) is 23.9 Å². The highest BCUT2D eigenvalue weighted by Crippen LogP contribution is 2.59. The highest BCUT2D eigenvalue weighted by molar-refractivity contribution is 6.04. The minimum absolute atomic E-state index is 0.0274. The van der Waals surface area contributed by atoms with E-state index in [9.17, 15) is 19.5 Å². The Kier molecular flexibility index (Phi) is 7.00. The molecule has 4 rings (SSSR count). The molecule has 35 heavy (non-hydrogen) atoms. The van der Waals surface area contributed by atoms with Gasteiger partial charge in [-0.1, -0.05) is 18.7 Å². The zero-order valence-electron chi connectivity index (χ0n) is 20.1. The van der Waals surface area contributed by atoms with Gasteiger partial charge in [-0.2, -0.15) is 0 Å². The van der Waals surface area contributed by atoms with E-state index in [1.807, 2.05) is 0 Å². The molecule has 9 heteroatoms. The Balaban J connectivity index is 1.76. The zero-order valence-corrected chi connectivity index (χ0v) is 20.1. The van der Waals surface area contributed by atoms with Crippen molar-refractivity contribution in [1.29, 1.82) is 0 Å². The number of hydrogen-bond donors (Lipinski definition) is 1. The van der Waals surface area contributed by atoms with Crippen LogP contribution in [0, 0.1) is 11.8 Å². The largest absolute Gasteiger partial charge is 0.497 e. The van der Waals surface area contributed by atoms with Crippen molar-refractivity contribution in [2.45, 2.75) is 43.6 Å². The van der Waals surface area contributed by atoms with E-state index in [1.165, 1.54) is 11.0 Å². The summed E-state index contributed by atoms with van der Waals surface area (Å²) in [7, 11) is 1.56. The fourth-order valence-electron chi connectivity index (χ4n) is 5.80. The van der Waals surface area contributed by atoms with Gasteiger partial charge in [0, 0.05) is 12.2 Å². The van der Waals surface area contributed by atoms with Crippen LogP contribution in [0.15, 0.2) is 49.6 Å². The Morgan fingerprint density at radius 3 is 2.63 bits per heavy atom. The molecule has 2 bridgehead atoms. The van der Waals surface area contributed by atoms with Crippen molar-refractivity contribution in [3.63, 3.8) is 0 Å². The van der Waals surface area contributed by atoms with E-state index < -0.39 is 41.6 Å². The molecule has 3 aliphatic heterocycles. The third-order valence-electron chi connectivity index (χ3n) is 7.29. The number of hydrogen-bond acceptors (Lipinski definition) is 7. The molecule has 0 radical (unpaired) electrons. The van der Waals surface area contributed by atoms with Crippen molar-refractivity contribution in [3.05, 3.63) is 49.6 Å². The van der Waals surface area contributed by atoms with Crippen LogP contribution in [0.3, 0.4) is 0 Å². The molecule has 1 aromatic carbocycles. The molecule has 1 spiro atoms. The zero-order chi connectivity index (χ0) is 25.3. The van der Waals surface area contributed by atoms with Gasteiger partial charge < -0.3 is 29.1 Å². The number of aliphatic hydroxyl groups is 1. The van der Waals surface area contributed by atoms with Gasteiger partial charge in [0.15, 0.2) is 0 Å². The molecule has 0 aromatic heterocycles. The fourth-order valence-corrected chi connectivity index (χ4v) is 5.80. The number of aliphatic hydroxyl groups excluding tert-OH is 1. The summed E-state index contributed by atoms with van der Waals surface area (Å²) >= 11 is 0. The number of amides is 2. The summed E-state index contributed by atoms with van der Waals surface area (Å²) in [5.74, 6) is -2.28. The number of carbonyl (C=O) groups is 3. The minimum Gasteiger partial charge on any atom is -0.497 e. The number of ether oxygens (including phenoxy) is 3. The van der Waals surface area contributed by atoms with Crippen LogP contribution in [0.4, 0.5) is 5.69 Å². The van der Waals surface area contributed by atoms with Crippen molar-refractivity contribution in [1.82, 2.24) is 4.90 Å².